The van der Waals surface area contributed by atoms with Crippen LogP contribution < -0.4 is 10.6 Å². The monoisotopic (exact) mass is 376 g/mol. The number of halogens is 3. The highest BCUT2D eigenvalue weighted by Gasteiger charge is 2.47. The number of fused-ring (bicyclic) bond motifs is 1. The Morgan fingerprint density at radius 1 is 1.22 bits per heavy atom. The average Bonchev–Trinajstić information content (AvgIpc) is 3.30. The average molecular weight is 376 g/mol. The second-order valence-electron chi connectivity index (χ2n) is 6.18. The minimum atomic E-state index is -4.51. The third kappa shape index (κ3) is 3.40. The SMILES string of the molecule is O=C(Nc1ccccc1)c1cc2n(n1)[C@@H](C(F)(F)F)C[C@H](c1ccco1)N2. The van der Waals surface area contributed by atoms with Crippen molar-refractivity contribution in [1.82, 2.24) is 9.78 Å². The number of furan rings is 1. The van der Waals surface area contributed by atoms with Crippen molar-refractivity contribution in [2.24, 2.45) is 0 Å². The van der Waals surface area contributed by atoms with E-state index in [9.17, 15) is 18.0 Å². The van der Waals surface area contributed by atoms with Crippen molar-refractivity contribution in [3.63, 3.8) is 0 Å². The topological polar surface area (TPSA) is 72.1 Å². The van der Waals surface area contributed by atoms with Gasteiger partial charge in [-0.2, -0.15) is 18.3 Å². The zero-order chi connectivity index (χ0) is 19.0. The number of carbonyl (C=O) groups excluding carboxylic acids is 1. The van der Waals surface area contributed by atoms with Crippen LogP contribution in [-0.2, 0) is 0 Å². The molecule has 1 amide bonds. The van der Waals surface area contributed by atoms with Crippen LogP contribution >= 0.6 is 0 Å². The largest absolute Gasteiger partial charge is 0.467 e. The Balaban J connectivity index is 1.64. The molecule has 3 heterocycles. The van der Waals surface area contributed by atoms with Crippen molar-refractivity contribution >= 4 is 17.4 Å². The molecule has 0 saturated heterocycles. The molecule has 1 aromatic carbocycles. The Labute approximate surface area is 152 Å². The van der Waals surface area contributed by atoms with Crippen LogP contribution in [0.25, 0.3) is 0 Å². The molecule has 140 valence electrons. The first kappa shape index (κ1) is 17.2. The van der Waals surface area contributed by atoms with Gasteiger partial charge in [-0.05, 0) is 24.3 Å². The Bertz CT molecular complexity index is 935. The van der Waals surface area contributed by atoms with Gasteiger partial charge in [-0.25, -0.2) is 4.68 Å². The first-order chi connectivity index (χ1) is 12.9. The number of hydrogen-bond donors (Lipinski definition) is 2. The van der Waals surface area contributed by atoms with Gasteiger partial charge in [0.15, 0.2) is 11.7 Å². The normalized spacial score (nSPS) is 19.2. The van der Waals surface area contributed by atoms with E-state index in [0.29, 0.717) is 11.4 Å². The molecule has 2 aromatic heterocycles. The number of anilines is 2. The lowest BCUT2D eigenvalue weighted by molar-refractivity contribution is -0.174. The van der Waals surface area contributed by atoms with Crippen LogP contribution in [0.4, 0.5) is 24.7 Å². The van der Waals surface area contributed by atoms with E-state index < -0.39 is 24.2 Å². The van der Waals surface area contributed by atoms with Crippen molar-refractivity contribution in [2.75, 3.05) is 10.6 Å². The van der Waals surface area contributed by atoms with Crippen LogP contribution in [0.5, 0.6) is 0 Å². The third-order valence-electron chi connectivity index (χ3n) is 4.34. The third-order valence-corrected chi connectivity index (χ3v) is 4.34. The van der Waals surface area contributed by atoms with Crippen LogP contribution in [0.2, 0.25) is 0 Å². The fourth-order valence-corrected chi connectivity index (χ4v) is 3.08. The molecule has 9 heteroatoms. The highest BCUT2D eigenvalue weighted by Crippen LogP contribution is 2.43. The summed E-state index contributed by atoms with van der Waals surface area (Å²) in [5, 5.41) is 9.49. The number of aromatic nitrogens is 2. The van der Waals surface area contributed by atoms with E-state index in [-0.39, 0.29) is 17.9 Å². The second kappa shape index (κ2) is 6.49. The fourth-order valence-electron chi connectivity index (χ4n) is 3.08. The molecule has 2 N–H and O–H groups in total. The molecule has 1 aliphatic rings. The predicted molar refractivity (Wildman–Crippen MR) is 91.4 cm³/mol. The molecule has 0 saturated carbocycles. The highest BCUT2D eigenvalue weighted by molar-refractivity contribution is 6.03. The summed E-state index contributed by atoms with van der Waals surface area (Å²) in [4.78, 5) is 12.4. The molecule has 27 heavy (non-hydrogen) atoms. The summed E-state index contributed by atoms with van der Waals surface area (Å²) in [6.07, 6.45) is -3.39. The van der Waals surface area contributed by atoms with Gasteiger partial charge in [0.1, 0.15) is 11.6 Å². The predicted octanol–water partition coefficient (Wildman–Crippen LogP) is 4.39. The number of para-hydroxylation sites is 1. The van der Waals surface area contributed by atoms with E-state index in [1.165, 1.54) is 12.3 Å². The van der Waals surface area contributed by atoms with Crippen molar-refractivity contribution in [2.45, 2.75) is 24.7 Å². The van der Waals surface area contributed by atoms with E-state index in [0.717, 1.165) is 4.68 Å². The standard InChI is InChI=1S/C18H15F3N4O2/c19-18(20,21)15-9-12(14-7-4-8-27-14)23-16-10-13(24-25(15)16)17(26)22-11-5-2-1-3-6-11/h1-8,10,12,15,23H,9H2,(H,22,26)/t12-,15-/m1/s1. The number of carbonyl (C=O) groups is 1. The molecule has 0 radical (unpaired) electrons. The van der Waals surface area contributed by atoms with Crippen molar-refractivity contribution in [3.8, 4) is 0 Å². The van der Waals surface area contributed by atoms with E-state index in [1.54, 1.807) is 42.5 Å². The van der Waals surface area contributed by atoms with Gasteiger partial charge < -0.3 is 15.1 Å². The minimum absolute atomic E-state index is 0.101. The summed E-state index contributed by atoms with van der Waals surface area (Å²) in [6.45, 7) is 0. The molecule has 6 nitrogen and oxygen atoms in total. The van der Waals surface area contributed by atoms with Crippen LogP contribution in [0.3, 0.4) is 0 Å². The lowest BCUT2D eigenvalue weighted by Crippen LogP contribution is -2.35. The molecule has 1 aliphatic heterocycles. The molecule has 0 bridgehead atoms. The number of nitrogens with one attached hydrogen (secondary N) is 2. The molecule has 0 aliphatic carbocycles. The van der Waals surface area contributed by atoms with Crippen LogP contribution in [0.1, 0.15) is 34.8 Å². The highest BCUT2D eigenvalue weighted by atomic mass is 19.4. The van der Waals surface area contributed by atoms with Gasteiger partial charge in [0.2, 0.25) is 0 Å². The van der Waals surface area contributed by atoms with Crippen LogP contribution in [-0.4, -0.2) is 21.9 Å². The lowest BCUT2D eigenvalue weighted by atomic mass is 10.0. The first-order valence-corrected chi connectivity index (χ1v) is 8.24. The molecule has 4 rings (SSSR count). The molecule has 3 aromatic rings. The Morgan fingerprint density at radius 3 is 2.67 bits per heavy atom. The number of rotatable bonds is 3. The van der Waals surface area contributed by atoms with Crippen molar-refractivity contribution in [3.05, 3.63) is 66.2 Å². The van der Waals surface area contributed by atoms with Gasteiger partial charge in [0.05, 0.1) is 12.3 Å². The number of alkyl halides is 3. The van der Waals surface area contributed by atoms with E-state index >= 15 is 0 Å². The quantitative estimate of drug-likeness (QED) is 0.711. The smallest absolute Gasteiger partial charge is 0.410 e. The maximum absolute atomic E-state index is 13.6. The molecular formula is C18H15F3N4O2. The van der Waals surface area contributed by atoms with Gasteiger partial charge in [-0.15, -0.1) is 0 Å². The number of benzene rings is 1. The summed E-state index contributed by atoms with van der Waals surface area (Å²) >= 11 is 0. The summed E-state index contributed by atoms with van der Waals surface area (Å²) in [5.74, 6) is -0.0736. The molecule has 0 spiro atoms. The summed E-state index contributed by atoms with van der Waals surface area (Å²) in [6, 6.07) is 10.6. The van der Waals surface area contributed by atoms with E-state index in [1.807, 2.05) is 0 Å². The minimum Gasteiger partial charge on any atom is -0.467 e. The van der Waals surface area contributed by atoms with Gasteiger partial charge >= 0.3 is 6.18 Å². The zero-order valence-electron chi connectivity index (χ0n) is 13.9. The molecule has 2 atom stereocenters. The van der Waals surface area contributed by atoms with Crippen molar-refractivity contribution in [1.29, 1.82) is 0 Å². The zero-order valence-corrected chi connectivity index (χ0v) is 13.9. The second-order valence-corrected chi connectivity index (χ2v) is 6.18. The van der Waals surface area contributed by atoms with Crippen molar-refractivity contribution < 1.29 is 22.4 Å². The molecule has 0 fully saturated rings. The van der Waals surface area contributed by atoms with Crippen LogP contribution in [0, 0.1) is 0 Å². The fraction of sp³-hybridized carbons (Fsp3) is 0.222. The van der Waals surface area contributed by atoms with Gasteiger partial charge in [-0.3, -0.25) is 4.79 Å². The Hall–Kier alpha value is -3.23. The number of nitrogens with zero attached hydrogens (tertiary/aromatic N) is 2. The first-order valence-electron chi connectivity index (χ1n) is 8.24. The molecular weight excluding hydrogens is 361 g/mol. The Morgan fingerprint density at radius 2 is 2.00 bits per heavy atom. The maximum Gasteiger partial charge on any atom is 0.410 e. The van der Waals surface area contributed by atoms with Gasteiger partial charge in [0, 0.05) is 18.2 Å². The van der Waals surface area contributed by atoms with Crippen LogP contribution in [0.15, 0.2) is 59.2 Å². The Kier molecular flexibility index (Phi) is 4.14. The maximum atomic E-state index is 13.6. The van der Waals surface area contributed by atoms with E-state index in [4.69, 9.17) is 4.42 Å². The molecule has 0 unspecified atom stereocenters. The van der Waals surface area contributed by atoms with E-state index in [2.05, 4.69) is 15.7 Å². The summed E-state index contributed by atoms with van der Waals surface area (Å²) < 4.78 is 46.8. The van der Waals surface area contributed by atoms with Gasteiger partial charge in [-0.1, -0.05) is 18.2 Å². The van der Waals surface area contributed by atoms with Gasteiger partial charge in [0.25, 0.3) is 5.91 Å². The summed E-state index contributed by atoms with van der Waals surface area (Å²) in [5.41, 5.74) is 0.429. The number of hydrogen-bond acceptors (Lipinski definition) is 4. The number of amides is 1. The summed E-state index contributed by atoms with van der Waals surface area (Å²) in [7, 11) is 0. The lowest BCUT2D eigenvalue weighted by Gasteiger charge is -2.32.